The summed E-state index contributed by atoms with van der Waals surface area (Å²) in [4.78, 5) is 20.2. The topological polar surface area (TPSA) is 60.0 Å². The number of hydrogen-bond donors (Lipinski definition) is 2. The molecule has 0 aromatic heterocycles. The number of guanidine groups is 1. The lowest BCUT2D eigenvalue weighted by Crippen LogP contribution is -2.49. The molecule has 0 spiro atoms. The van der Waals surface area contributed by atoms with Gasteiger partial charge in [0.05, 0.1) is 0 Å². The van der Waals surface area contributed by atoms with Gasteiger partial charge in [0.2, 0.25) is 5.91 Å². The van der Waals surface area contributed by atoms with Gasteiger partial charge in [0.15, 0.2) is 5.96 Å². The average molecular weight is 465 g/mol. The monoisotopic (exact) mass is 465 g/mol. The molecule has 25 heavy (non-hydrogen) atoms. The zero-order valence-corrected chi connectivity index (χ0v) is 18.6. The first-order valence-corrected chi connectivity index (χ1v) is 9.04. The van der Waals surface area contributed by atoms with Gasteiger partial charge in [-0.15, -0.1) is 24.0 Å². The number of carbonyl (C=O) groups is 1. The minimum absolute atomic E-state index is 0. The van der Waals surface area contributed by atoms with Gasteiger partial charge in [-0.25, -0.2) is 4.99 Å². The second-order valence-corrected chi connectivity index (χ2v) is 6.89. The summed E-state index contributed by atoms with van der Waals surface area (Å²) >= 11 is 0. The number of aliphatic imine (C=N–C) groups is 1. The van der Waals surface area contributed by atoms with Gasteiger partial charge in [-0.2, -0.15) is 0 Å². The lowest BCUT2D eigenvalue weighted by molar-refractivity contribution is -0.127. The number of hydrogen-bond acceptors (Lipinski definition) is 3. The summed E-state index contributed by atoms with van der Waals surface area (Å²) in [6, 6.07) is 0.411. The van der Waals surface area contributed by atoms with Crippen molar-refractivity contribution >= 4 is 35.8 Å². The molecule has 2 N–H and O–H groups in total. The average Bonchev–Trinajstić information content (AvgIpc) is 2.53. The highest BCUT2D eigenvalue weighted by molar-refractivity contribution is 14.0. The number of piperidine rings is 1. The van der Waals surface area contributed by atoms with E-state index in [1.165, 1.54) is 5.57 Å². The van der Waals surface area contributed by atoms with Gasteiger partial charge in [0, 0.05) is 46.3 Å². The van der Waals surface area contributed by atoms with Crippen molar-refractivity contribution in [3.8, 4) is 0 Å². The molecule has 0 bridgehead atoms. The molecule has 1 aliphatic rings. The van der Waals surface area contributed by atoms with E-state index in [2.05, 4.69) is 41.0 Å². The predicted molar refractivity (Wildman–Crippen MR) is 117 cm³/mol. The van der Waals surface area contributed by atoms with Crippen molar-refractivity contribution < 1.29 is 4.79 Å². The molecule has 0 unspecified atom stereocenters. The lowest BCUT2D eigenvalue weighted by Gasteiger charge is -2.33. The molecule has 6 nitrogen and oxygen atoms in total. The zero-order chi connectivity index (χ0) is 17.9. The van der Waals surface area contributed by atoms with Gasteiger partial charge in [-0.1, -0.05) is 25.5 Å². The fraction of sp³-hybridized carbons (Fsp3) is 0.778. The van der Waals surface area contributed by atoms with Gasteiger partial charge in [-0.05, 0) is 26.2 Å². The molecule has 0 aliphatic carbocycles. The number of nitrogens with one attached hydrogen (secondary N) is 2. The second-order valence-electron chi connectivity index (χ2n) is 6.89. The Bertz CT molecular complexity index is 431. The Morgan fingerprint density at radius 2 is 1.96 bits per heavy atom. The maximum atomic E-state index is 11.8. The van der Waals surface area contributed by atoms with Crippen LogP contribution < -0.4 is 10.6 Å². The smallest absolute Gasteiger partial charge is 0.243 e. The summed E-state index contributed by atoms with van der Waals surface area (Å²) in [6.45, 7) is 12.4. The molecule has 1 amide bonds. The van der Waals surface area contributed by atoms with Crippen molar-refractivity contribution in [2.45, 2.75) is 45.6 Å². The van der Waals surface area contributed by atoms with Crippen LogP contribution in [0.4, 0.5) is 0 Å². The highest BCUT2D eigenvalue weighted by atomic mass is 127. The van der Waals surface area contributed by atoms with Crippen LogP contribution in [-0.4, -0.2) is 74.5 Å². The Kier molecular flexibility index (Phi) is 12.9. The normalized spacial score (nSPS) is 16.1. The van der Waals surface area contributed by atoms with Crippen LogP contribution in [0.25, 0.3) is 0 Å². The van der Waals surface area contributed by atoms with E-state index in [9.17, 15) is 4.79 Å². The highest BCUT2D eigenvalue weighted by Crippen LogP contribution is 2.11. The molecule has 1 heterocycles. The second kappa shape index (κ2) is 13.4. The number of likely N-dealkylation sites (N-methyl/N-ethyl adjacent to an activating group) is 1. The van der Waals surface area contributed by atoms with Crippen LogP contribution in [0, 0.1) is 0 Å². The molecule has 1 aliphatic heterocycles. The number of carbonyl (C=O) groups excluding carboxylic acids is 1. The van der Waals surface area contributed by atoms with Crippen LogP contribution in [0.15, 0.2) is 17.1 Å². The standard InChI is InChI=1S/C18H35N5O.HI/c1-6-7-10-19-18(20-13-17(24)22(4)5)21-16-8-11-23(12-9-16)14-15(2)3;/h16H,2,6-14H2,1,3-5H3,(H2,19,20,21);1H. The Balaban J connectivity index is 0.00000576. The summed E-state index contributed by atoms with van der Waals surface area (Å²) in [5, 5.41) is 6.85. The first-order chi connectivity index (χ1) is 11.4. The van der Waals surface area contributed by atoms with Crippen molar-refractivity contribution in [3.63, 3.8) is 0 Å². The molecule has 0 radical (unpaired) electrons. The number of halogens is 1. The number of amides is 1. The van der Waals surface area contributed by atoms with Crippen LogP contribution in [-0.2, 0) is 4.79 Å². The molecule has 1 rings (SSSR count). The molecule has 1 fully saturated rings. The maximum Gasteiger partial charge on any atom is 0.243 e. The summed E-state index contributed by atoms with van der Waals surface area (Å²) in [7, 11) is 3.51. The summed E-state index contributed by atoms with van der Waals surface area (Å²) in [5.74, 6) is 0.778. The van der Waals surface area contributed by atoms with Gasteiger partial charge >= 0.3 is 0 Å². The van der Waals surface area contributed by atoms with Gasteiger partial charge in [0.1, 0.15) is 6.54 Å². The van der Waals surface area contributed by atoms with Crippen molar-refractivity contribution in [1.29, 1.82) is 0 Å². The Morgan fingerprint density at radius 3 is 2.48 bits per heavy atom. The van der Waals surface area contributed by atoms with E-state index in [4.69, 9.17) is 0 Å². The van der Waals surface area contributed by atoms with E-state index in [1.54, 1.807) is 19.0 Å². The molecule has 0 aromatic carbocycles. The first kappa shape index (κ1) is 24.2. The predicted octanol–water partition coefficient (Wildman–Crippen LogP) is 2.07. The Hall–Kier alpha value is -0.830. The molecule has 0 atom stereocenters. The van der Waals surface area contributed by atoms with Gasteiger partial charge < -0.3 is 15.5 Å². The fourth-order valence-corrected chi connectivity index (χ4v) is 2.63. The van der Waals surface area contributed by atoms with E-state index in [1.807, 2.05) is 0 Å². The Morgan fingerprint density at radius 1 is 1.32 bits per heavy atom. The summed E-state index contributed by atoms with van der Waals surface area (Å²) < 4.78 is 0. The Labute approximate surface area is 170 Å². The number of likely N-dealkylation sites (tertiary alicyclic amines) is 1. The minimum Gasteiger partial charge on any atom is -0.356 e. The number of nitrogens with zero attached hydrogens (tertiary/aromatic N) is 3. The zero-order valence-electron chi connectivity index (χ0n) is 16.3. The van der Waals surface area contributed by atoms with Crippen molar-refractivity contribution in [2.75, 3.05) is 46.8 Å². The third-order valence-electron chi connectivity index (χ3n) is 4.12. The van der Waals surface area contributed by atoms with Crippen molar-refractivity contribution in [3.05, 3.63) is 12.2 Å². The molecular weight excluding hydrogens is 429 g/mol. The third-order valence-corrected chi connectivity index (χ3v) is 4.12. The molecule has 1 saturated heterocycles. The molecule has 146 valence electrons. The van der Waals surface area contributed by atoms with Crippen LogP contribution in [0.5, 0.6) is 0 Å². The van der Waals surface area contributed by atoms with Gasteiger partial charge in [-0.3, -0.25) is 9.69 Å². The third kappa shape index (κ3) is 10.7. The highest BCUT2D eigenvalue weighted by Gasteiger charge is 2.20. The van der Waals surface area contributed by atoms with E-state index >= 15 is 0 Å². The van der Waals surface area contributed by atoms with Crippen LogP contribution in [0.3, 0.4) is 0 Å². The quantitative estimate of drug-likeness (QED) is 0.190. The number of rotatable bonds is 8. The lowest BCUT2D eigenvalue weighted by atomic mass is 10.0. The fourth-order valence-electron chi connectivity index (χ4n) is 2.63. The van der Waals surface area contributed by atoms with Crippen molar-refractivity contribution in [2.24, 2.45) is 4.99 Å². The molecule has 7 heteroatoms. The molecular formula is C18H36IN5O. The SMILES string of the molecule is C=C(C)CN1CCC(NC(=NCC(=O)N(C)C)NCCCC)CC1.I. The van der Waals surface area contributed by atoms with Crippen LogP contribution in [0.1, 0.15) is 39.5 Å². The number of unbranched alkanes of at least 4 members (excludes halogenated alkanes) is 1. The summed E-state index contributed by atoms with van der Waals surface area (Å²) in [5.41, 5.74) is 1.21. The van der Waals surface area contributed by atoms with E-state index in [0.29, 0.717) is 6.04 Å². The van der Waals surface area contributed by atoms with Crippen molar-refractivity contribution in [1.82, 2.24) is 20.4 Å². The van der Waals surface area contributed by atoms with E-state index in [0.717, 1.165) is 57.8 Å². The molecule has 0 aromatic rings. The van der Waals surface area contributed by atoms with E-state index in [-0.39, 0.29) is 36.4 Å². The first-order valence-electron chi connectivity index (χ1n) is 9.04. The van der Waals surface area contributed by atoms with Gasteiger partial charge in [0.25, 0.3) is 0 Å². The maximum absolute atomic E-state index is 11.8. The van der Waals surface area contributed by atoms with E-state index < -0.39 is 0 Å². The van der Waals surface area contributed by atoms with Crippen LogP contribution >= 0.6 is 24.0 Å². The van der Waals surface area contributed by atoms with Crippen LogP contribution in [0.2, 0.25) is 0 Å². The minimum atomic E-state index is 0. The summed E-state index contributed by atoms with van der Waals surface area (Å²) in [6.07, 6.45) is 4.41. The molecule has 0 saturated carbocycles. The largest absolute Gasteiger partial charge is 0.356 e.